The average molecular weight is 399 g/mol. The van der Waals surface area contributed by atoms with Crippen LogP contribution in [0.5, 0.6) is 0 Å². The van der Waals surface area contributed by atoms with Gasteiger partial charge in [-0.25, -0.2) is 4.79 Å². The van der Waals surface area contributed by atoms with E-state index in [1.54, 1.807) is 0 Å². The van der Waals surface area contributed by atoms with Gasteiger partial charge in [0.2, 0.25) is 0 Å². The van der Waals surface area contributed by atoms with E-state index < -0.39 is 5.41 Å². The molecule has 0 amide bonds. The van der Waals surface area contributed by atoms with Crippen LogP contribution in [0.2, 0.25) is 0 Å². The van der Waals surface area contributed by atoms with Crippen LogP contribution in [0.3, 0.4) is 0 Å². The molecule has 0 spiro atoms. The minimum Gasteiger partial charge on any atom is -0.455 e. The Bertz CT molecular complexity index is 822. The van der Waals surface area contributed by atoms with E-state index in [2.05, 4.69) is 34.6 Å². The highest BCUT2D eigenvalue weighted by Gasteiger charge is 2.69. The van der Waals surface area contributed by atoms with Gasteiger partial charge in [0.1, 0.15) is 11.9 Å². The van der Waals surface area contributed by atoms with Crippen molar-refractivity contribution in [2.24, 2.45) is 39.4 Å². The van der Waals surface area contributed by atoms with Crippen molar-refractivity contribution in [1.82, 2.24) is 0 Å². The molecule has 0 radical (unpaired) electrons. The normalized spacial score (nSPS) is 51.0. The van der Waals surface area contributed by atoms with Gasteiger partial charge in [-0.3, -0.25) is 4.79 Å². The zero-order valence-corrected chi connectivity index (χ0v) is 19.2. The van der Waals surface area contributed by atoms with Gasteiger partial charge in [-0.1, -0.05) is 34.1 Å². The first-order valence-electron chi connectivity index (χ1n) is 11.9. The fourth-order valence-electron chi connectivity index (χ4n) is 9.55. The second-order valence-electron chi connectivity index (χ2n) is 12.4. The van der Waals surface area contributed by atoms with Crippen LogP contribution >= 0.6 is 0 Å². The summed E-state index contributed by atoms with van der Waals surface area (Å²) in [6.45, 7) is 14.0. The van der Waals surface area contributed by atoms with Gasteiger partial charge >= 0.3 is 5.97 Å². The molecule has 160 valence electrons. The number of hydrogen-bond acceptors (Lipinski definition) is 3. The molecule has 0 saturated heterocycles. The zero-order valence-electron chi connectivity index (χ0n) is 19.2. The lowest BCUT2D eigenvalue weighted by Crippen LogP contribution is -2.64. The number of Topliss-reactive ketones (excluding diaryl/α,β-unsaturated/α-hetero) is 1. The van der Waals surface area contributed by atoms with E-state index >= 15 is 0 Å². The zero-order chi connectivity index (χ0) is 21.0. The molecule has 29 heavy (non-hydrogen) atoms. The summed E-state index contributed by atoms with van der Waals surface area (Å²) >= 11 is 0. The highest BCUT2D eigenvalue weighted by atomic mass is 16.5. The second kappa shape index (κ2) is 5.77. The number of carbonyl (C=O) groups is 2. The van der Waals surface area contributed by atoms with Gasteiger partial charge in [0, 0.05) is 6.42 Å². The van der Waals surface area contributed by atoms with Crippen molar-refractivity contribution in [3.8, 4) is 0 Å². The van der Waals surface area contributed by atoms with Crippen LogP contribution < -0.4 is 0 Å². The molecule has 1 heterocycles. The summed E-state index contributed by atoms with van der Waals surface area (Å²) in [5, 5.41) is 0. The van der Waals surface area contributed by atoms with Crippen LogP contribution in [0.1, 0.15) is 92.9 Å². The van der Waals surface area contributed by atoms with E-state index in [4.69, 9.17) is 4.74 Å². The summed E-state index contributed by atoms with van der Waals surface area (Å²) in [5.41, 5.74) is 1.96. The van der Waals surface area contributed by atoms with Crippen molar-refractivity contribution in [3.05, 3.63) is 11.1 Å². The molecule has 0 aromatic heterocycles. The molecular weight excluding hydrogens is 360 g/mol. The van der Waals surface area contributed by atoms with Crippen LogP contribution in [-0.4, -0.2) is 17.9 Å². The summed E-state index contributed by atoms with van der Waals surface area (Å²) in [5.74, 6) is 1.51. The first kappa shape index (κ1) is 19.8. The van der Waals surface area contributed by atoms with Gasteiger partial charge in [-0.05, 0) is 91.9 Å². The summed E-state index contributed by atoms with van der Waals surface area (Å²) in [4.78, 5) is 26.7. The lowest BCUT2D eigenvalue weighted by atomic mass is 9.35. The lowest BCUT2D eigenvalue weighted by Gasteiger charge is -2.68. The number of rotatable bonds is 0. The number of ether oxygens (including phenoxy) is 1. The highest BCUT2D eigenvalue weighted by Crippen LogP contribution is 2.72. The van der Waals surface area contributed by atoms with Gasteiger partial charge in [0.25, 0.3) is 0 Å². The third-order valence-electron chi connectivity index (χ3n) is 10.8. The summed E-state index contributed by atoms with van der Waals surface area (Å²) in [7, 11) is 0. The number of ketones is 1. The lowest BCUT2D eigenvalue weighted by molar-refractivity contribution is -0.191. The first-order chi connectivity index (χ1) is 13.5. The Kier molecular flexibility index (Phi) is 3.94. The number of hydrogen-bond donors (Lipinski definition) is 0. The molecule has 5 rings (SSSR count). The summed E-state index contributed by atoms with van der Waals surface area (Å²) in [6.07, 6.45) is 8.75. The van der Waals surface area contributed by atoms with Crippen molar-refractivity contribution >= 4 is 11.8 Å². The smallest absolute Gasteiger partial charge is 0.335 e. The standard InChI is InChI=1S/C26H38O3/c1-15-16-8-9-18-25(5)13-10-17-23(2,3)11-7-12-24(17,4)19(25)14-20(27)26(18,6)21(16)22(28)29-15/h15,17-19H,7-14H2,1-6H3/t15-,17-,18+,19+,24-,25-,26+/m0/s1. The van der Waals surface area contributed by atoms with E-state index in [1.165, 1.54) is 32.1 Å². The van der Waals surface area contributed by atoms with Crippen LogP contribution in [0.15, 0.2) is 11.1 Å². The molecular formula is C26H38O3. The van der Waals surface area contributed by atoms with Gasteiger partial charge < -0.3 is 4.74 Å². The molecule has 3 heteroatoms. The maximum atomic E-state index is 13.9. The van der Waals surface area contributed by atoms with Crippen LogP contribution in [0, 0.1) is 39.4 Å². The minimum absolute atomic E-state index is 0.131. The minimum atomic E-state index is -0.645. The Labute approximate surface area is 176 Å². The predicted molar refractivity (Wildman–Crippen MR) is 113 cm³/mol. The molecule has 0 unspecified atom stereocenters. The molecule has 4 aliphatic carbocycles. The van der Waals surface area contributed by atoms with Crippen molar-refractivity contribution in [2.75, 3.05) is 0 Å². The Balaban J connectivity index is 1.62. The maximum absolute atomic E-state index is 13.9. The summed E-state index contributed by atoms with van der Waals surface area (Å²) in [6, 6.07) is 0. The van der Waals surface area contributed by atoms with E-state index in [1.807, 2.05) is 6.92 Å². The van der Waals surface area contributed by atoms with Gasteiger partial charge in [0.05, 0.1) is 11.0 Å². The molecule has 3 saturated carbocycles. The largest absolute Gasteiger partial charge is 0.455 e. The Hall–Kier alpha value is -1.12. The Morgan fingerprint density at radius 3 is 2.28 bits per heavy atom. The second-order valence-corrected chi connectivity index (χ2v) is 12.4. The molecule has 0 bridgehead atoms. The van der Waals surface area contributed by atoms with E-state index in [9.17, 15) is 9.59 Å². The maximum Gasteiger partial charge on any atom is 0.335 e. The molecule has 0 aromatic carbocycles. The number of esters is 1. The highest BCUT2D eigenvalue weighted by molar-refractivity contribution is 6.04. The first-order valence-corrected chi connectivity index (χ1v) is 11.9. The van der Waals surface area contributed by atoms with E-state index in [0.717, 1.165) is 24.0 Å². The number of cyclic esters (lactones) is 1. The molecule has 3 nitrogen and oxygen atoms in total. The van der Waals surface area contributed by atoms with Crippen molar-refractivity contribution < 1.29 is 14.3 Å². The van der Waals surface area contributed by atoms with Crippen LogP contribution in [0.25, 0.3) is 0 Å². The SMILES string of the molecule is C[C@@H]1OC(=O)C2=C1CC[C@H]1[C@]2(C)C(=O)C[C@@H]2[C@@]3(C)CCCC(C)(C)[C@@H]3CC[C@]21C. The number of fused-ring (bicyclic) bond motifs is 6. The van der Waals surface area contributed by atoms with Crippen molar-refractivity contribution in [2.45, 2.75) is 99.0 Å². The topological polar surface area (TPSA) is 43.4 Å². The van der Waals surface area contributed by atoms with Crippen LogP contribution in [0.4, 0.5) is 0 Å². The molecule has 0 aromatic rings. The van der Waals surface area contributed by atoms with Gasteiger partial charge in [0.15, 0.2) is 0 Å². The third-order valence-corrected chi connectivity index (χ3v) is 10.8. The average Bonchev–Trinajstić information content (AvgIpc) is 2.91. The van der Waals surface area contributed by atoms with E-state index in [0.29, 0.717) is 29.5 Å². The molecule has 0 N–H and O–H groups in total. The van der Waals surface area contributed by atoms with Crippen molar-refractivity contribution in [1.29, 1.82) is 0 Å². The summed E-state index contributed by atoms with van der Waals surface area (Å²) < 4.78 is 5.61. The monoisotopic (exact) mass is 398 g/mol. The molecule has 5 aliphatic rings. The molecule has 3 fully saturated rings. The quantitative estimate of drug-likeness (QED) is 0.480. The van der Waals surface area contributed by atoms with E-state index in [-0.39, 0.29) is 28.8 Å². The molecule has 1 aliphatic heterocycles. The fourth-order valence-corrected chi connectivity index (χ4v) is 9.55. The van der Waals surface area contributed by atoms with Crippen LogP contribution in [-0.2, 0) is 14.3 Å². The third kappa shape index (κ3) is 2.26. The number of carbonyl (C=O) groups excluding carboxylic acids is 2. The fraction of sp³-hybridized carbons (Fsp3) is 0.846. The van der Waals surface area contributed by atoms with Crippen molar-refractivity contribution in [3.63, 3.8) is 0 Å². The Morgan fingerprint density at radius 1 is 0.862 bits per heavy atom. The van der Waals surface area contributed by atoms with Gasteiger partial charge in [-0.2, -0.15) is 0 Å². The Morgan fingerprint density at radius 2 is 1.55 bits per heavy atom. The van der Waals surface area contributed by atoms with Gasteiger partial charge in [-0.15, -0.1) is 0 Å². The predicted octanol–water partition coefficient (Wildman–Crippen LogP) is 5.87. The molecule has 7 atom stereocenters.